The van der Waals surface area contributed by atoms with E-state index in [1.165, 1.54) is 39.2 Å². The summed E-state index contributed by atoms with van der Waals surface area (Å²) in [5.74, 6) is 0.463. The van der Waals surface area contributed by atoms with Gasteiger partial charge < -0.3 is 10.1 Å². The van der Waals surface area contributed by atoms with Crippen molar-refractivity contribution in [3.8, 4) is 0 Å². The average molecular weight is 183 g/mol. The Bertz CT molecular complexity index is 197. The summed E-state index contributed by atoms with van der Waals surface area (Å²) in [4.78, 5) is 11.4. The van der Waals surface area contributed by atoms with Crippen molar-refractivity contribution in [2.45, 2.75) is 44.2 Å². The fraction of sp³-hybridized carbons (Fsp3) is 0.900. The number of methoxy groups -OCH3 is 1. The van der Waals surface area contributed by atoms with E-state index in [9.17, 15) is 4.79 Å². The summed E-state index contributed by atoms with van der Waals surface area (Å²) in [6.07, 6.45) is 6.07. The topological polar surface area (TPSA) is 38.3 Å². The van der Waals surface area contributed by atoms with Gasteiger partial charge >= 0.3 is 5.97 Å². The van der Waals surface area contributed by atoms with Crippen molar-refractivity contribution in [2.75, 3.05) is 7.11 Å². The van der Waals surface area contributed by atoms with Gasteiger partial charge in [0.25, 0.3) is 0 Å². The molecule has 0 heterocycles. The zero-order chi connectivity index (χ0) is 9.26. The quantitative estimate of drug-likeness (QED) is 0.663. The number of carbonyl (C=O) groups is 1. The van der Waals surface area contributed by atoms with Gasteiger partial charge in [-0.2, -0.15) is 0 Å². The van der Waals surface area contributed by atoms with Gasteiger partial charge in [-0.05, 0) is 31.6 Å². The number of nitrogens with one attached hydrogen (secondary N) is 1. The molecule has 0 aliphatic heterocycles. The van der Waals surface area contributed by atoms with Crippen LogP contribution >= 0.6 is 0 Å². The van der Waals surface area contributed by atoms with E-state index in [2.05, 4.69) is 5.32 Å². The molecule has 1 unspecified atom stereocenters. The molecule has 0 aromatic heterocycles. The number of hydrogen-bond acceptors (Lipinski definition) is 3. The first-order valence-electron chi connectivity index (χ1n) is 5.15. The maximum atomic E-state index is 11.4. The summed E-state index contributed by atoms with van der Waals surface area (Å²) in [6, 6.07) is 0.566. The highest BCUT2D eigenvalue weighted by Crippen LogP contribution is 2.32. The molecule has 2 aliphatic carbocycles. The minimum atomic E-state index is -0.0726. The van der Waals surface area contributed by atoms with Crippen LogP contribution < -0.4 is 5.32 Å². The number of esters is 1. The van der Waals surface area contributed by atoms with E-state index in [0.717, 1.165) is 0 Å². The van der Waals surface area contributed by atoms with E-state index < -0.39 is 0 Å². The Hall–Kier alpha value is -0.570. The molecule has 0 spiro atoms. The predicted octanol–water partition coefficient (Wildman–Crippen LogP) is 1.08. The number of ether oxygens (including phenoxy) is 1. The minimum Gasteiger partial charge on any atom is -0.468 e. The lowest BCUT2D eigenvalue weighted by Gasteiger charge is -2.32. The van der Waals surface area contributed by atoms with Crippen LogP contribution in [0.3, 0.4) is 0 Å². The summed E-state index contributed by atoms with van der Waals surface area (Å²) >= 11 is 0. The van der Waals surface area contributed by atoms with Crippen molar-refractivity contribution < 1.29 is 9.53 Å². The van der Waals surface area contributed by atoms with Crippen LogP contribution in [0.2, 0.25) is 0 Å². The maximum absolute atomic E-state index is 11.4. The summed E-state index contributed by atoms with van der Waals surface area (Å²) in [5.41, 5.74) is 0. The summed E-state index contributed by atoms with van der Waals surface area (Å²) < 4.78 is 4.80. The molecule has 0 saturated heterocycles. The number of rotatable bonds is 4. The van der Waals surface area contributed by atoms with Crippen LogP contribution in [-0.4, -0.2) is 25.2 Å². The Balaban J connectivity index is 1.88. The van der Waals surface area contributed by atoms with Gasteiger partial charge in [0.2, 0.25) is 0 Å². The third kappa shape index (κ3) is 2.02. The van der Waals surface area contributed by atoms with Crippen molar-refractivity contribution in [2.24, 2.45) is 5.92 Å². The highest BCUT2D eigenvalue weighted by Gasteiger charge is 2.36. The molecule has 1 atom stereocenters. The normalized spacial score (nSPS) is 25.0. The van der Waals surface area contributed by atoms with Crippen LogP contribution in [0.4, 0.5) is 0 Å². The standard InChI is InChI=1S/C10H17NO2/c1-13-10(12)9(7-3-2-4-7)11-8-5-6-8/h7-9,11H,2-6H2,1H3. The molecule has 2 aliphatic rings. The van der Waals surface area contributed by atoms with Crippen LogP contribution in [-0.2, 0) is 9.53 Å². The molecule has 0 aromatic rings. The van der Waals surface area contributed by atoms with Gasteiger partial charge in [-0.3, -0.25) is 4.79 Å². The second-order valence-electron chi connectivity index (χ2n) is 4.13. The van der Waals surface area contributed by atoms with Gasteiger partial charge in [0.05, 0.1) is 7.11 Å². The highest BCUT2D eigenvalue weighted by molar-refractivity contribution is 5.76. The molecule has 74 valence electrons. The molecule has 1 N–H and O–H groups in total. The fourth-order valence-corrected chi connectivity index (χ4v) is 1.80. The summed E-state index contributed by atoms with van der Waals surface area (Å²) in [7, 11) is 1.47. The number of carbonyl (C=O) groups excluding carboxylic acids is 1. The molecule has 3 heteroatoms. The highest BCUT2D eigenvalue weighted by atomic mass is 16.5. The molecule has 3 nitrogen and oxygen atoms in total. The Morgan fingerprint density at radius 2 is 2.08 bits per heavy atom. The Morgan fingerprint density at radius 3 is 2.46 bits per heavy atom. The lowest BCUT2D eigenvalue weighted by Crippen LogP contribution is -2.47. The summed E-state index contributed by atoms with van der Waals surface area (Å²) in [5, 5.41) is 3.37. The molecule has 0 bridgehead atoms. The van der Waals surface area contributed by atoms with Gasteiger partial charge in [-0.15, -0.1) is 0 Å². The van der Waals surface area contributed by atoms with E-state index in [0.29, 0.717) is 12.0 Å². The fourth-order valence-electron chi connectivity index (χ4n) is 1.80. The lowest BCUT2D eigenvalue weighted by molar-refractivity contribution is -0.145. The van der Waals surface area contributed by atoms with Crippen molar-refractivity contribution in [1.29, 1.82) is 0 Å². The summed E-state index contributed by atoms with van der Waals surface area (Å²) in [6.45, 7) is 0. The molecule has 0 amide bonds. The largest absolute Gasteiger partial charge is 0.468 e. The van der Waals surface area contributed by atoms with Gasteiger partial charge in [0, 0.05) is 6.04 Å². The predicted molar refractivity (Wildman–Crippen MR) is 49.3 cm³/mol. The minimum absolute atomic E-state index is 0.0220. The van der Waals surface area contributed by atoms with E-state index in [1.807, 2.05) is 0 Å². The molecule has 13 heavy (non-hydrogen) atoms. The van der Waals surface area contributed by atoms with Crippen LogP contribution in [0.1, 0.15) is 32.1 Å². The lowest BCUT2D eigenvalue weighted by atomic mass is 9.79. The Labute approximate surface area is 78.8 Å². The molecular formula is C10H17NO2. The van der Waals surface area contributed by atoms with Crippen LogP contribution in [0, 0.1) is 5.92 Å². The maximum Gasteiger partial charge on any atom is 0.323 e. The zero-order valence-corrected chi connectivity index (χ0v) is 8.08. The van der Waals surface area contributed by atoms with E-state index >= 15 is 0 Å². The van der Waals surface area contributed by atoms with Crippen molar-refractivity contribution >= 4 is 5.97 Å². The molecule has 0 aromatic carbocycles. The monoisotopic (exact) mass is 183 g/mol. The first kappa shape index (κ1) is 9.00. The third-order valence-corrected chi connectivity index (χ3v) is 3.07. The van der Waals surface area contributed by atoms with Crippen LogP contribution in [0.25, 0.3) is 0 Å². The zero-order valence-electron chi connectivity index (χ0n) is 8.08. The number of hydrogen-bond donors (Lipinski definition) is 1. The molecule has 0 radical (unpaired) electrons. The van der Waals surface area contributed by atoms with Gasteiger partial charge in [-0.1, -0.05) is 6.42 Å². The molecule has 2 fully saturated rings. The van der Waals surface area contributed by atoms with E-state index in [4.69, 9.17) is 4.74 Å². The van der Waals surface area contributed by atoms with Gasteiger partial charge in [0.15, 0.2) is 0 Å². The third-order valence-electron chi connectivity index (χ3n) is 3.07. The first-order chi connectivity index (χ1) is 6.31. The van der Waals surface area contributed by atoms with Crippen molar-refractivity contribution in [3.63, 3.8) is 0 Å². The van der Waals surface area contributed by atoms with Gasteiger partial charge in [0.1, 0.15) is 6.04 Å². The SMILES string of the molecule is COC(=O)C(NC1CC1)C1CCC1. The van der Waals surface area contributed by atoms with E-state index in [1.54, 1.807) is 0 Å². The van der Waals surface area contributed by atoms with Crippen LogP contribution in [0.15, 0.2) is 0 Å². The molecule has 2 saturated carbocycles. The van der Waals surface area contributed by atoms with Gasteiger partial charge in [-0.25, -0.2) is 0 Å². The Kier molecular flexibility index (Phi) is 2.54. The van der Waals surface area contributed by atoms with Crippen molar-refractivity contribution in [3.05, 3.63) is 0 Å². The average Bonchev–Trinajstić information content (AvgIpc) is 2.82. The molecule has 2 rings (SSSR count). The molecular weight excluding hydrogens is 166 g/mol. The second-order valence-corrected chi connectivity index (χ2v) is 4.13. The van der Waals surface area contributed by atoms with Crippen molar-refractivity contribution in [1.82, 2.24) is 5.32 Å². The van der Waals surface area contributed by atoms with Crippen LogP contribution in [0.5, 0.6) is 0 Å². The smallest absolute Gasteiger partial charge is 0.323 e. The second kappa shape index (κ2) is 3.66. The Morgan fingerprint density at radius 1 is 1.38 bits per heavy atom. The van der Waals surface area contributed by atoms with E-state index in [-0.39, 0.29) is 12.0 Å². The first-order valence-corrected chi connectivity index (χ1v) is 5.15.